The topological polar surface area (TPSA) is 102 Å². The molecule has 0 radical (unpaired) electrons. The Hall–Kier alpha value is -2.19. The molecule has 1 N–H and O–H groups in total. The average Bonchev–Trinajstić information content (AvgIpc) is 3.08. The Kier molecular flexibility index (Phi) is 3.95. The maximum Gasteiger partial charge on any atom is 0.276 e. The maximum atomic E-state index is 12.5. The average molecular weight is 307 g/mol. The van der Waals surface area contributed by atoms with Gasteiger partial charge in [0.1, 0.15) is 23.8 Å². The summed E-state index contributed by atoms with van der Waals surface area (Å²) >= 11 is 0. The highest BCUT2D eigenvalue weighted by atomic mass is 16.5. The number of aryl methyl sites for hydroxylation is 1. The second-order valence-electron chi connectivity index (χ2n) is 5.11. The van der Waals surface area contributed by atoms with Crippen molar-refractivity contribution in [3.63, 3.8) is 0 Å². The molecule has 0 saturated carbocycles. The van der Waals surface area contributed by atoms with Crippen LogP contribution in [0.5, 0.6) is 0 Å². The number of hydrogen-bond acceptors (Lipinski definition) is 7. The first-order valence-electron chi connectivity index (χ1n) is 6.95. The molecule has 0 fully saturated rings. The molecule has 0 spiro atoms. The van der Waals surface area contributed by atoms with Gasteiger partial charge in [0, 0.05) is 20.1 Å². The van der Waals surface area contributed by atoms with Crippen molar-refractivity contribution in [3.8, 4) is 0 Å². The summed E-state index contributed by atoms with van der Waals surface area (Å²) in [6.07, 6.45) is 0.586. The lowest BCUT2D eigenvalue weighted by Gasteiger charge is -2.24. The van der Waals surface area contributed by atoms with Crippen molar-refractivity contribution < 1.29 is 23.6 Å². The lowest BCUT2D eigenvalue weighted by Crippen LogP contribution is -2.36. The Morgan fingerprint density at radius 2 is 2.32 bits per heavy atom. The molecule has 1 aliphatic heterocycles. The maximum absolute atomic E-state index is 12.5. The predicted octanol–water partition coefficient (Wildman–Crippen LogP) is 0.808. The van der Waals surface area contributed by atoms with Gasteiger partial charge in [-0.25, -0.2) is 4.98 Å². The fraction of sp³-hybridized carbons (Fsp3) is 0.500. The molecule has 2 aromatic heterocycles. The summed E-state index contributed by atoms with van der Waals surface area (Å²) in [6.45, 7) is 2.54. The number of aromatic nitrogens is 2. The Labute approximate surface area is 126 Å². The van der Waals surface area contributed by atoms with Crippen LogP contribution < -0.4 is 0 Å². The van der Waals surface area contributed by atoms with Gasteiger partial charge in [-0.05, 0) is 6.92 Å². The van der Waals surface area contributed by atoms with Crippen molar-refractivity contribution in [1.29, 1.82) is 0 Å². The highest BCUT2D eigenvalue weighted by Gasteiger charge is 2.29. The number of hydrogen-bond donors (Lipinski definition) is 1. The molecular formula is C14H17N3O5. The van der Waals surface area contributed by atoms with Gasteiger partial charge >= 0.3 is 0 Å². The van der Waals surface area contributed by atoms with Crippen molar-refractivity contribution in [2.45, 2.75) is 33.1 Å². The summed E-state index contributed by atoms with van der Waals surface area (Å²) in [5.41, 5.74) is 1.32. The lowest BCUT2D eigenvalue weighted by molar-refractivity contribution is 0.0714. The highest BCUT2D eigenvalue weighted by molar-refractivity contribution is 5.93. The zero-order valence-corrected chi connectivity index (χ0v) is 12.5. The summed E-state index contributed by atoms with van der Waals surface area (Å²) in [6, 6.07) is 0. The summed E-state index contributed by atoms with van der Waals surface area (Å²) in [7, 11) is 1.57. The van der Waals surface area contributed by atoms with E-state index in [1.54, 1.807) is 18.9 Å². The fourth-order valence-corrected chi connectivity index (χ4v) is 2.51. The Morgan fingerprint density at radius 1 is 1.50 bits per heavy atom. The zero-order chi connectivity index (χ0) is 15.7. The first-order valence-corrected chi connectivity index (χ1v) is 6.95. The van der Waals surface area contributed by atoms with Gasteiger partial charge in [-0.15, -0.1) is 0 Å². The monoisotopic (exact) mass is 307 g/mol. The molecule has 2 aromatic rings. The van der Waals surface area contributed by atoms with Crippen LogP contribution in [0.3, 0.4) is 0 Å². The van der Waals surface area contributed by atoms with E-state index in [9.17, 15) is 9.90 Å². The third-order valence-corrected chi connectivity index (χ3v) is 3.67. The van der Waals surface area contributed by atoms with Gasteiger partial charge in [-0.3, -0.25) is 4.79 Å². The minimum absolute atomic E-state index is 0.157. The standard InChI is InChI=1S/C14H17N3O5/c1-8-9(6-18)13(16-22-8)14(19)17-4-3-11-10(5-17)15-12(21-11)7-20-2/h18H,3-7H2,1-2H3. The summed E-state index contributed by atoms with van der Waals surface area (Å²) in [4.78, 5) is 18.5. The van der Waals surface area contributed by atoms with E-state index in [2.05, 4.69) is 10.1 Å². The number of nitrogens with zero attached hydrogens (tertiary/aromatic N) is 3. The number of carbonyl (C=O) groups excluding carboxylic acids is 1. The molecule has 0 bridgehead atoms. The van der Waals surface area contributed by atoms with Crippen LogP contribution in [0.4, 0.5) is 0 Å². The van der Waals surface area contributed by atoms with Crippen LogP contribution >= 0.6 is 0 Å². The minimum Gasteiger partial charge on any atom is -0.443 e. The van der Waals surface area contributed by atoms with Crippen molar-refractivity contribution in [2.24, 2.45) is 0 Å². The van der Waals surface area contributed by atoms with Crippen molar-refractivity contribution in [2.75, 3.05) is 13.7 Å². The Bertz CT molecular complexity index is 691. The van der Waals surface area contributed by atoms with Crippen LogP contribution in [0.25, 0.3) is 0 Å². The number of amides is 1. The number of rotatable bonds is 4. The number of ether oxygens (including phenoxy) is 1. The lowest BCUT2D eigenvalue weighted by atomic mass is 10.1. The van der Waals surface area contributed by atoms with Gasteiger partial charge in [0.2, 0.25) is 5.89 Å². The summed E-state index contributed by atoms with van der Waals surface area (Å²) in [5, 5.41) is 13.1. The third kappa shape index (κ3) is 2.51. The van der Waals surface area contributed by atoms with E-state index in [0.29, 0.717) is 43.3 Å². The van der Waals surface area contributed by atoms with Crippen LogP contribution in [0, 0.1) is 6.92 Å². The summed E-state index contributed by atoms with van der Waals surface area (Å²) in [5.74, 6) is 1.47. The number of aliphatic hydroxyl groups excluding tert-OH is 1. The molecule has 0 saturated heterocycles. The van der Waals surface area contributed by atoms with E-state index in [0.717, 1.165) is 11.5 Å². The molecule has 0 aromatic carbocycles. The van der Waals surface area contributed by atoms with Crippen LogP contribution in [0.2, 0.25) is 0 Å². The normalized spacial score (nSPS) is 14.2. The minimum atomic E-state index is -0.280. The molecule has 0 unspecified atom stereocenters. The molecular weight excluding hydrogens is 290 g/mol. The van der Waals surface area contributed by atoms with Crippen LogP contribution in [-0.4, -0.2) is 39.7 Å². The number of methoxy groups -OCH3 is 1. The Morgan fingerprint density at radius 3 is 3.05 bits per heavy atom. The first-order chi connectivity index (χ1) is 10.6. The van der Waals surface area contributed by atoms with Gasteiger partial charge in [0.25, 0.3) is 5.91 Å². The van der Waals surface area contributed by atoms with E-state index < -0.39 is 0 Å². The van der Waals surface area contributed by atoms with Crippen molar-refractivity contribution >= 4 is 5.91 Å². The van der Waals surface area contributed by atoms with E-state index in [1.165, 1.54) is 0 Å². The third-order valence-electron chi connectivity index (χ3n) is 3.67. The highest BCUT2D eigenvalue weighted by Crippen LogP contribution is 2.23. The molecule has 1 amide bonds. The molecule has 22 heavy (non-hydrogen) atoms. The number of carbonyl (C=O) groups is 1. The van der Waals surface area contributed by atoms with Gasteiger partial charge in [0.15, 0.2) is 5.69 Å². The summed E-state index contributed by atoms with van der Waals surface area (Å²) < 4.78 is 15.6. The van der Waals surface area contributed by atoms with Crippen LogP contribution in [0.1, 0.15) is 39.2 Å². The molecule has 1 aliphatic rings. The fourth-order valence-electron chi connectivity index (χ4n) is 2.51. The molecule has 0 atom stereocenters. The molecule has 0 aliphatic carbocycles. The van der Waals surface area contributed by atoms with Gasteiger partial charge in [-0.2, -0.15) is 0 Å². The SMILES string of the molecule is COCc1nc2c(o1)CCN(C(=O)c1noc(C)c1CO)C2. The smallest absolute Gasteiger partial charge is 0.276 e. The van der Waals surface area contributed by atoms with Crippen molar-refractivity contribution in [1.82, 2.24) is 15.0 Å². The number of aliphatic hydroxyl groups is 1. The van der Waals surface area contributed by atoms with Crippen molar-refractivity contribution in [3.05, 3.63) is 34.4 Å². The van der Waals surface area contributed by atoms with Crippen LogP contribution in [-0.2, 0) is 30.9 Å². The quantitative estimate of drug-likeness (QED) is 0.891. The zero-order valence-electron chi connectivity index (χ0n) is 12.5. The van der Waals surface area contributed by atoms with E-state index in [-0.39, 0.29) is 18.2 Å². The van der Waals surface area contributed by atoms with E-state index in [1.807, 2.05) is 0 Å². The van der Waals surface area contributed by atoms with Gasteiger partial charge in [0.05, 0.1) is 18.7 Å². The number of fused-ring (bicyclic) bond motifs is 1. The molecule has 3 rings (SSSR count). The Balaban J connectivity index is 1.80. The van der Waals surface area contributed by atoms with E-state index in [4.69, 9.17) is 13.7 Å². The number of oxazole rings is 1. The first kappa shape index (κ1) is 14.7. The van der Waals surface area contributed by atoms with Gasteiger partial charge in [-0.1, -0.05) is 5.16 Å². The van der Waals surface area contributed by atoms with Crippen LogP contribution in [0.15, 0.2) is 8.94 Å². The molecule has 8 heteroatoms. The molecule has 3 heterocycles. The molecule has 118 valence electrons. The van der Waals surface area contributed by atoms with E-state index >= 15 is 0 Å². The van der Waals surface area contributed by atoms with Gasteiger partial charge < -0.3 is 23.7 Å². The second kappa shape index (κ2) is 5.90. The molecule has 8 nitrogen and oxygen atoms in total. The second-order valence-corrected chi connectivity index (χ2v) is 5.11. The largest absolute Gasteiger partial charge is 0.443 e. The predicted molar refractivity (Wildman–Crippen MR) is 72.8 cm³/mol.